The molecule has 1 N–H and O–H groups in total. The van der Waals surface area contributed by atoms with E-state index in [1.165, 1.54) is 18.4 Å². The fourth-order valence-electron chi connectivity index (χ4n) is 4.49. The summed E-state index contributed by atoms with van der Waals surface area (Å²) in [5, 5.41) is 4.46. The minimum Gasteiger partial charge on any atom is -0.465 e. The molecule has 1 amide bonds. The first-order valence-corrected chi connectivity index (χ1v) is 12.5. The quantitative estimate of drug-likeness (QED) is 0.501. The standard InChI is InChI=1S/C24H30ClN3O3S/c1-31-24(30)22-18-8-3-2-4-10-20(18)32-23(22)26-21(29)16-28-13-11-27(12-14-28)15-17-7-5-6-9-19(17)25/h5-7,9H,2-4,8,10-16H2,1H3,(H,26,29). The van der Waals surface area contributed by atoms with E-state index >= 15 is 0 Å². The normalized spacial score (nSPS) is 17.4. The molecule has 0 unspecified atom stereocenters. The number of halogens is 1. The molecule has 0 bridgehead atoms. The zero-order valence-corrected chi connectivity index (χ0v) is 20.1. The number of ether oxygens (including phenoxy) is 1. The van der Waals surface area contributed by atoms with Gasteiger partial charge in [0.05, 0.1) is 19.2 Å². The Labute approximate surface area is 198 Å². The largest absolute Gasteiger partial charge is 0.465 e. The van der Waals surface area contributed by atoms with Crippen LogP contribution in [0.5, 0.6) is 0 Å². The first-order chi connectivity index (χ1) is 15.5. The van der Waals surface area contributed by atoms with Gasteiger partial charge in [-0.05, 0) is 42.9 Å². The van der Waals surface area contributed by atoms with Crippen molar-refractivity contribution in [3.63, 3.8) is 0 Å². The number of piperazine rings is 1. The van der Waals surface area contributed by atoms with E-state index in [2.05, 4.69) is 21.2 Å². The van der Waals surface area contributed by atoms with Crippen molar-refractivity contribution in [2.75, 3.05) is 45.2 Å². The highest BCUT2D eigenvalue weighted by molar-refractivity contribution is 7.17. The monoisotopic (exact) mass is 475 g/mol. The second-order valence-electron chi connectivity index (χ2n) is 8.45. The Morgan fingerprint density at radius 1 is 1.06 bits per heavy atom. The highest BCUT2D eigenvalue weighted by atomic mass is 35.5. The Kier molecular flexibility index (Phi) is 7.84. The van der Waals surface area contributed by atoms with Gasteiger partial charge in [-0.2, -0.15) is 0 Å². The van der Waals surface area contributed by atoms with Gasteiger partial charge < -0.3 is 10.1 Å². The third-order valence-corrected chi connectivity index (χ3v) is 7.82. The smallest absolute Gasteiger partial charge is 0.341 e. The highest BCUT2D eigenvalue weighted by Gasteiger charge is 2.27. The number of esters is 1. The molecule has 172 valence electrons. The molecule has 0 radical (unpaired) electrons. The number of amides is 1. The van der Waals surface area contributed by atoms with Crippen LogP contribution in [0.4, 0.5) is 5.00 Å². The van der Waals surface area contributed by atoms with Crippen LogP contribution in [0.2, 0.25) is 5.02 Å². The molecule has 1 aromatic carbocycles. The molecular weight excluding hydrogens is 446 g/mol. The number of hydrogen-bond acceptors (Lipinski definition) is 6. The summed E-state index contributed by atoms with van der Waals surface area (Å²) >= 11 is 7.83. The molecule has 8 heteroatoms. The van der Waals surface area contributed by atoms with E-state index in [0.29, 0.717) is 17.1 Å². The molecule has 2 aromatic rings. The Bertz CT molecular complexity index is 969. The van der Waals surface area contributed by atoms with Crippen LogP contribution >= 0.6 is 22.9 Å². The van der Waals surface area contributed by atoms with Crippen LogP contribution in [0.3, 0.4) is 0 Å². The van der Waals surface area contributed by atoms with Crippen molar-refractivity contribution in [3.8, 4) is 0 Å². The average molecular weight is 476 g/mol. The predicted molar refractivity (Wildman–Crippen MR) is 129 cm³/mol. The molecule has 2 heterocycles. The topological polar surface area (TPSA) is 61.9 Å². The van der Waals surface area contributed by atoms with Crippen LogP contribution in [0.1, 0.15) is 45.6 Å². The molecule has 0 spiro atoms. The number of carbonyl (C=O) groups excluding carboxylic acids is 2. The van der Waals surface area contributed by atoms with E-state index in [9.17, 15) is 9.59 Å². The molecule has 2 aliphatic rings. The number of carbonyl (C=O) groups is 2. The van der Waals surface area contributed by atoms with Gasteiger partial charge in [0, 0.05) is 42.6 Å². The molecule has 1 fully saturated rings. The SMILES string of the molecule is COC(=O)c1c(NC(=O)CN2CCN(Cc3ccccc3Cl)CC2)sc2c1CCCCC2. The number of hydrogen-bond donors (Lipinski definition) is 1. The van der Waals surface area contributed by atoms with Crippen molar-refractivity contribution in [1.29, 1.82) is 0 Å². The molecule has 1 aliphatic heterocycles. The molecule has 6 nitrogen and oxygen atoms in total. The number of methoxy groups -OCH3 is 1. The third kappa shape index (κ3) is 5.52. The van der Waals surface area contributed by atoms with Crippen LogP contribution in [-0.2, 0) is 28.9 Å². The van der Waals surface area contributed by atoms with Crippen molar-refractivity contribution in [2.24, 2.45) is 0 Å². The lowest BCUT2D eigenvalue weighted by Crippen LogP contribution is -2.48. The fourth-order valence-corrected chi connectivity index (χ4v) is 5.98. The Balaban J connectivity index is 1.34. The minimum atomic E-state index is -0.354. The van der Waals surface area contributed by atoms with Gasteiger partial charge in [-0.15, -0.1) is 11.3 Å². The summed E-state index contributed by atoms with van der Waals surface area (Å²) in [5.74, 6) is -0.431. The van der Waals surface area contributed by atoms with Crippen molar-refractivity contribution in [1.82, 2.24) is 9.80 Å². The molecule has 1 aliphatic carbocycles. The lowest BCUT2D eigenvalue weighted by molar-refractivity contribution is -0.117. The lowest BCUT2D eigenvalue weighted by Gasteiger charge is -2.34. The number of benzene rings is 1. The summed E-state index contributed by atoms with van der Waals surface area (Å²) in [6, 6.07) is 7.93. The summed E-state index contributed by atoms with van der Waals surface area (Å²) in [6.07, 6.45) is 5.21. The number of fused-ring (bicyclic) bond motifs is 1. The van der Waals surface area contributed by atoms with E-state index < -0.39 is 0 Å². The van der Waals surface area contributed by atoms with Crippen molar-refractivity contribution in [3.05, 3.63) is 50.9 Å². The Hall–Kier alpha value is -1.93. The van der Waals surface area contributed by atoms with Gasteiger partial charge in [-0.1, -0.05) is 36.2 Å². The zero-order valence-electron chi connectivity index (χ0n) is 18.5. The van der Waals surface area contributed by atoms with E-state index in [1.807, 2.05) is 18.2 Å². The summed E-state index contributed by atoms with van der Waals surface area (Å²) in [5.41, 5.74) is 2.77. The molecule has 0 atom stereocenters. The molecule has 4 rings (SSSR count). The van der Waals surface area contributed by atoms with E-state index in [1.54, 1.807) is 11.3 Å². The fraction of sp³-hybridized carbons (Fsp3) is 0.500. The van der Waals surface area contributed by atoms with E-state index in [4.69, 9.17) is 16.3 Å². The van der Waals surface area contributed by atoms with Crippen molar-refractivity contribution >= 4 is 39.8 Å². The molecule has 1 saturated heterocycles. The van der Waals surface area contributed by atoms with E-state index in [-0.39, 0.29) is 11.9 Å². The van der Waals surface area contributed by atoms with Crippen LogP contribution in [-0.4, -0.2) is 61.5 Å². The predicted octanol–water partition coefficient (Wildman–Crippen LogP) is 4.21. The minimum absolute atomic E-state index is 0.0777. The number of rotatable bonds is 6. The number of nitrogens with one attached hydrogen (secondary N) is 1. The van der Waals surface area contributed by atoms with Crippen LogP contribution in [0.25, 0.3) is 0 Å². The van der Waals surface area contributed by atoms with Gasteiger partial charge >= 0.3 is 5.97 Å². The second-order valence-corrected chi connectivity index (χ2v) is 9.96. The second kappa shape index (κ2) is 10.8. The zero-order chi connectivity index (χ0) is 22.5. The molecular formula is C24H30ClN3O3S. The summed E-state index contributed by atoms with van der Waals surface area (Å²) in [7, 11) is 1.40. The maximum Gasteiger partial charge on any atom is 0.341 e. The maximum atomic E-state index is 12.8. The van der Waals surface area contributed by atoms with Crippen LogP contribution in [0, 0.1) is 0 Å². The third-order valence-electron chi connectivity index (χ3n) is 6.25. The van der Waals surface area contributed by atoms with Gasteiger partial charge in [-0.3, -0.25) is 14.6 Å². The van der Waals surface area contributed by atoms with Gasteiger partial charge in [0.15, 0.2) is 0 Å². The van der Waals surface area contributed by atoms with Crippen LogP contribution in [0.15, 0.2) is 24.3 Å². The molecule has 1 aromatic heterocycles. The van der Waals surface area contributed by atoms with Gasteiger partial charge in [0.1, 0.15) is 5.00 Å². The Morgan fingerprint density at radius 3 is 2.53 bits per heavy atom. The highest BCUT2D eigenvalue weighted by Crippen LogP contribution is 2.38. The maximum absolute atomic E-state index is 12.8. The van der Waals surface area contributed by atoms with Gasteiger partial charge in [0.2, 0.25) is 5.91 Å². The summed E-state index contributed by atoms with van der Waals surface area (Å²) in [6.45, 7) is 4.57. The first-order valence-electron chi connectivity index (χ1n) is 11.3. The number of nitrogens with zero attached hydrogens (tertiary/aromatic N) is 2. The van der Waals surface area contributed by atoms with Gasteiger partial charge in [-0.25, -0.2) is 4.79 Å². The van der Waals surface area contributed by atoms with Gasteiger partial charge in [0.25, 0.3) is 0 Å². The Morgan fingerprint density at radius 2 is 1.78 bits per heavy atom. The number of anilines is 1. The average Bonchev–Trinajstić information content (AvgIpc) is 2.96. The summed E-state index contributed by atoms with van der Waals surface area (Å²) < 4.78 is 5.03. The van der Waals surface area contributed by atoms with Crippen LogP contribution < -0.4 is 5.32 Å². The lowest BCUT2D eigenvalue weighted by atomic mass is 10.1. The van der Waals surface area contributed by atoms with Crippen molar-refractivity contribution in [2.45, 2.75) is 38.6 Å². The molecule has 0 saturated carbocycles. The molecule has 32 heavy (non-hydrogen) atoms. The summed E-state index contributed by atoms with van der Waals surface area (Å²) in [4.78, 5) is 31.0. The first kappa shape index (κ1) is 23.2. The van der Waals surface area contributed by atoms with Crippen molar-refractivity contribution < 1.29 is 14.3 Å². The number of aryl methyl sites for hydroxylation is 1. The van der Waals surface area contributed by atoms with E-state index in [0.717, 1.165) is 74.6 Å². The number of thiophene rings is 1.